The van der Waals surface area contributed by atoms with Crippen molar-refractivity contribution in [3.8, 4) is 0 Å². The number of nitro groups is 1. The van der Waals surface area contributed by atoms with Gasteiger partial charge in [-0.2, -0.15) is 0 Å². The quantitative estimate of drug-likeness (QED) is 0.373. The molecule has 0 bridgehead atoms. The Balaban J connectivity index is 1.67. The normalized spacial score (nSPS) is 17.5. The zero-order valence-corrected chi connectivity index (χ0v) is 16.8. The number of carbonyl (C=O) groups excluding carboxylic acids is 2. The van der Waals surface area contributed by atoms with Crippen molar-refractivity contribution in [1.29, 1.82) is 0 Å². The lowest BCUT2D eigenvalue weighted by atomic mass is 9.88. The third kappa shape index (κ3) is 3.71. The molecule has 1 unspecified atom stereocenters. The molecule has 0 saturated carbocycles. The van der Waals surface area contributed by atoms with Crippen LogP contribution in [0.3, 0.4) is 0 Å². The lowest BCUT2D eigenvalue weighted by molar-refractivity contribution is -0.384. The number of carbonyl (C=O) groups is 2. The van der Waals surface area contributed by atoms with Crippen LogP contribution in [0.5, 0.6) is 0 Å². The van der Waals surface area contributed by atoms with Gasteiger partial charge in [0, 0.05) is 23.3 Å². The number of benzene rings is 3. The molecule has 1 aliphatic rings. The van der Waals surface area contributed by atoms with Crippen LogP contribution in [0.2, 0.25) is 0 Å². The first-order chi connectivity index (χ1) is 14.8. The zero-order valence-electron chi connectivity index (χ0n) is 16.8. The molecule has 3 aromatic carbocycles. The van der Waals surface area contributed by atoms with E-state index in [0.717, 1.165) is 17.2 Å². The smallest absolute Gasteiger partial charge is 0.270 e. The first-order valence-corrected chi connectivity index (χ1v) is 9.76. The second-order valence-electron chi connectivity index (χ2n) is 7.67. The molecule has 4 rings (SSSR count). The molecule has 7 nitrogen and oxygen atoms in total. The number of para-hydroxylation sites is 1. The highest BCUT2D eigenvalue weighted by Crippen LogP contribution is 2.43. The van der Waals surface area contributed by atoms with E-state index in [1.807, 2.05) is 31.2 Å². The maximum atomic E-state index is 13.3. The maximum absolute atomic E-state index is 13.3. The van der Waals surface area contributed by atoms with Crippen molar-refractivity contribution in [1.82, 2.24) is 0 Å². The number of fused-ring (bicyclic) bond motifs is 1. The van der Waals surface area contributed by atoms with Crippen LogP contribution in [0.1, 0.15) is 33.5 Å². The Morgan fingerprint density at radius 2 is 1.81 bits per heavy atom. The average molecular weight is 416 g/mol. The molecule has 1 heterocycles. The topological polar surface area (TPSA) is 101 Å². The van der Waals surface area contributed by atoms with Gasteiger partial charge in [0.25, 0.3) is 11.6 Å². The number of nitro benzene ring substituents is 1. The molecule has 1 N–H and O–H groups in total. The number of hydrogen-bond acceptors (Lipinski definition) is 5. The van der Waals surface area contributed by atoms with Crippen molar-refractivity contribution in [3.63, 3.8) is 0 Å². The summed E-state index contributed by atoms with van der Waals surface area (Å²) in [6.07, 6.45) is -0.506. The fraction of sp³-hybridized carbons (Fsp3) is 0.167. The Hall–Kier alpha value is -3.84. The highest BCUT2D eigenvalue weighted by molar-refractivity contribution is 6.10. The van der Waals surface area contributed by atoms with E-state index in [4.69, 9.17) is 0 Å². The molecule has 3 aromatic rings. The fourth-order valence-electron chi connectivity index (χ4n) is 3.95. The number of Topliss-reactive ketones (excluding diaryl/α,β-unsaturated/α-hetero) is 1. The summed E-state index contributed by atoms with van der Waals surface area (Å²) in [5, 5.41) is 22.4. The van der Waals surface area contributed by atoms with Crippen molar-refractivity contribution in [2.24, 2.45) is 0 Å². The average Bonchev–Trinajstić information content (AvgIpc) is 2.96. The standard InChI is InChI=1S/C24H20N2O5/c1-16-6-4-7-17(12-16)15-25-21-11-3-2-10-20(21)24(29,23(25)28)14-22(27)18-8-5-9-19(13-18)26(30)31/h2-13,29H,14-15H2,1H3. The number of amides is 1. The monoisotopic (exact) mass is 416 g/mol. The molecule has 0 aliphatic carbocycles. The number of hydrogen-bond donors (Lipinski definition) is 1. The Morgan fingerprint density at radius 3 is 2.55 bits per heavy atom. The van der Waals surface area contributed by atoms with Gasteiger partial charge in [-0.3, -0.25) is 19.7 Å². The SMILES string of the molecule is Cc1cccc(CN2C(=O)C(O)(CC(=O)c3cccc([N+](=O)[O-])c3)c3ccccc32)c1. The summed E-state index contributed by atoms with van der Waals surface area (Å²) in [5.41, 5.74) is 0.658. The number of anilines is 1. The number of ketones is 1. The number of non-ortho nitro benzene ring substituents is 1. The van der Waals surface area contributed by atoms with Gasteiger partial charge in [-0.1, -0.05) is 60.2 Å². The Kier molecular flexibility index (Phi) is 5.12. The van der Waals surface area contributed by atoms with E-state index in [2.05, 4.69) is 0 Å². The second kappa shape index (κ2) is 7.77. The molecular formula is C24H20N2O5. The molecule has 0 saturated heterocycles. The van der Waals surface area contributed by atoms with Crippen LogP contribution in [-0.2, 0) is 16.9 Å². The number of aliphatic hydroxyl groups is 1. The van der Waals surface area contributed by atoms with Crippen molar-refractivity contribution in [2.45, 2.75) is 25.5 Å². The van der Waals surface area contributed by atoms with E-state index in [9.17, 15) is 24.8 Å². The Labute approximate surface area is 178 Å². The van der Waals surface area contributed by atoms with E-state index < -0.39 is 28.6 Å². The van der Waals surface area contributed by atoms with Crippen LogP contribution in [0, 0.1) is 17.0 Å². The summed E-state index contributed by atoms with van der Waals surface area (Å²) >= 11 is 0. The zero-order chi connectivity index (χ0) is 22.2. The molecule has 0 aromatic heterocycles. The number of rotatable bonds is 6. The minimum absolute atomic E-state index is 0.0741. The van der Waals surface area contributed by atoms with Crippen LogP contribution < -0.4 is 4.90 Å². The molecule has 1 atom stereocenters. The van der Waals surface area contributed by atoms with Crippen LogP contribution in [0.15, 0.2) is 72.8 Å². The van der Waals surface area contributed by atoms with E-state index in [-0.39, 0.29) is 17.8 Å². The van der Waals surface area contributed by atoms with Gasteiger partial charge in [0.15, 0.2) is 11.4 Å². The van der Waals surface area contributed by atoms with Crippen LogP contribution >= 0.6 is 0 Å². The predicted octanol–water partition coefficient (Wildman–Crippen LogP) is 3.91. The number of aryl methyl sites for hydroxylation is 1. The lowest BCUT2D eigenvalue weighted by Gasteiger charge is -2.23. The Bertz CT molecular complexity index is 1210. The minimum atomic E-state index is -2.04. The highest BCUT2D eigenvalue weighted by Gasteiger charge is 2.50. The van der Waals surface area contributed by atoms with E-state index in [1.54, 1.807) is 24.3 Å². The summed E-state index contributed by atoms with van der Waals surface area (Å²) in [5.74, 6) is -1.14. The van der Waals surface area contributed by atoms with Crippen molar-refractivity contribution < 1.29 is 19.6 Å². The predicted molar refractivity (Wildman–Crippen MR) is 115 cm³/mol. The highest BCUT2D eigenvalue weighted by atomic mass is 16.6. The van der Waals surface area contributed by atoms with Gasteiger partial charge in [-0.05, 0) is 18.6 Å². The van der Waals surface area contributed by atoms with Crippen molar-refractivity contribution in [2.75, 3.05) is 4.90 Å². The third-order valence-corrected chi connectivity index (χ3v) is 5.46. The van der Waals surface area contributed by atoms with Gasteiger partial charge < -0.3 is 10.0 Å². The number of nitrogens with zero attached hydrogens (tertiary/aromatic N) is 2. The van der Waals surface area contributed by atoms with Gasteiger partial charge in [0.2, 0.25) is 0 Å². The summed E-state index contributed by atoms with van der Waals surface area (Å²) in [6.45, 7) is 2.21. The third-order valence-electron chi connectivity index (χ3n) is 5.46. The largest absolute Gasteiger partial charge is 0.375 e. The molecule has 1 amide bonds. The summed E-state index contributed by atoms with van der Waals surface area (Å²) in [7, 11) is 0. The molecule has 31 heavy (non-hydrogen) atoms. The van der Waals surface area contributed by atoms with Gasteiger partial charge >= 0.3 is 0 Å². The molecular weight excluding hydrogens is 396 g/mol. The summed E-state index contributed by atoms with van der Waals surface area (Å²) < 4.78 is 0. The fourth-order valence-corrected chi connectivity index (χ4v) is 3.95. The molecule has 0 spiro atoms. The molecule has 0 fully saturated rings. The van der Waals surface area contributed by atoms with E-state index in [0.29, 0.717) is 11.3 Å². The van der Waals surface area contributed by atoms with Crippen LogP contribution in [0.25, 0.3) is 0 Å². The van der Waals surface area contributed by atoms with Gasteiger partial charge in [0.05, 0.1) is 23.6 Å². The van der Waals surface area contributed by atoms with Crippen LogP contribution in [-0.4, -0.2) is 21.7 Å². The Morgan fingerprint density at radius 1 is 1.06 bits per heavy atom. The maximum Gasteiger partial charge on any atom is 0.270 e. The van der Waals surface area contributed by atoms with Crippen molar-refractivity contribution >= 4 is 23.1 Å². The lowest BCUT2D eigenvalue weighted by Crippen LogP contribution is -2.41. The van der Waals surface area contributed by atoms with Crippen molar-refractivity contribution in [3.05, 3.63) is 105 Å². The minimum Gasteiger partial charge on any atom is -0.375 e. The summed E-state index contributed by atoms with van der Waals surface area (Å²) in [4.78, 5) is 38.1. The molecule has 156 valence electrons. The van der Waals surface area contributed by atoms with Gasteiger partial charge in [-0.25, -0.2) is 0 Å². The van der Waals surface area contributed by atoms with Crippen LogP contribution in [0.4, 0.5) is 11.4 Å². The van der Waals surface area contributed by atoms with E-state index in [1.165, 1.54) is 23.1 Å². The second-order valence-corrected chi connectivity index (χ2v) is 7.67. The van der Waals surface area contributed by atoms with Gasteiger partial charge in [0.1, 0.15) is 0 Å². The molecule has 0 radical (unpaired) electrons. The first-order valence-electron chi connectivity index (χ1n) is 9.76. The van der Waals surface area contributed by atoms with E-state index >= 15 is 0 Å². The van der Waals surface area contributed by atoms with Gasteiger partial charge in [-0.15, -0.1) is 0 Å². The molecule has 1 aliphatic heterocycles. The summed E-state index contributed by atoms with van der Waals surface area (Å²) in [6, 6.07) is 19.8. The molecule has 7 heteroatoms. The first kappa shape index (κ1) is 20.4.